The SMILES string of the molecule is COc1ccc2nc(Sc3nc(Cl)ncc3Br)[nH]c2c1. The van der Waals surface area contributed by atoms with E-state index in [1.807, 2.05) is 18.2 Å². The fraction of sp³-hybridized carbons (Fsp3) is 0.0833. The highest BCUT2D eigenvalue weighted by Gasteiger charge is 2.10. The summed E-state index contributed by atoms with van der Waals surface area (Å²) in [5.41, 5.74) is 1.77. The molecule has 102 valence electrons. The third-order valence-electron chi connectivity index (χ3n) is 2.54. The maximum atomic E-state index is 5.80. The third-order valence-corrected chi connectivity index (χ3v) is 4.46. The molecule has 8 heteroatoms. The number of nitrogens with one attached hydrogen (secondary N) is 1. The molecule has 0 bridgehead atoms. The molecule has 0 unspecified atom stereocenters. The number of aromatic amines is 1. The number of imidazole rings is 1. The summed E-state index contributed by atoms with van der Waals surface area (Å²) in [4.78, 5) is 15.7. The normalized spacial score (nSPS) is 10.9. The molecule has 0 amide bonds. The highest BCUT2D eigenvalue weighted by Crippen LogP contribution is 2.32. The van der Waals surface area contributed by atoms with Gasteiger partial charge in [-0.2, -0.15) is 0 Å². The summed E-state index contributed by atoms with van der Waals surface area (Å²) in [6, 6.07) is 5.67. The fourth-order valence-electron chi connectivity index (χ4n) is 1.63. The summed E-state index contributed by atoms with van der Waals surface area (Å²) >= 11 is 10.6. The van der Waals surface area contributed by atoms with Crippen molar-refractivity contribution in [2.75, 3.05) is 7.11 Å². The molecule has 0 radical (unpaired) electrons. The molecule has 1 N–H and O–H groups in total. The molecule has 5 nitrogen and oxygen atoms in total. The molecule has 2 heterocycles. The minimum Gasteiger partial charge on any atom is -0.497 e. The van der Waals surface area contributed by atoms with Gasteiger partial charge in [0.15, 0.2) is 5.16 Å². The van der Waals surface area contributed by atoms with Crippen molar-refractivity contribution in [3.8, 4) is 5.75 Å². The number of benzene rings is 1. The van der Waals surface area contributed by atoms with E-state index in [1.54, 1.807) is 13.3 Å². The largest absolute Gasteiger partial charge is 0.497 e. The predicted octanol–water partition coefficient (Wildman–Crippen LogP) is 3.93. The van der Waals surface area contributed by atoms with Crippen LogP contribution in [0.25, 0.3) is 11.0 Å². The molecule has 0 spiro atoms. The molecule has 1 aromatic carbocycles. The lowest BCUT2D eigenvalue weighted by molar-refractivity contribution is 0.415. The predicted molar refractivity (Wildman–Crippen MR) is 81.5 cm³/mol. The number of fused-ring (bicyclic) bond motifs is 1. The van der Waals surface area contributed by atoms with Crippen LogP contribution in [-0.4, -0.2) is 27.0 Å². The van der Waals surface area contributed by atoms with Gasteiger partial charge in [0.05, 0.1) is 22.6 Å². The summed E-state index contributed by atoms with van der Waals surface area (Å²) in [7, 11) is 1.63. The molecule has 3 rings (SSSR count). The molecule has 0 fully saturated rings. The Kier molecular flexibility index (Phi) is 3.82. The summed E-state index contributed by atoms with van der Waals surface area (Å²) < 4.78 is 5.95. The monoisotopic (exact) mass is 370 g/mol. The van der Waals surface area contributed by atoms with Crippen molar-refractivity contribution in [2.24, 2.45) is 0 Å². The van der Waals surface area contributed by atoms with E-state index in [9.17, 15) is 0 Å². The molecule has 0 atom stereocenters. The number of halogens is 2. The number of hydrogen-bond acceptors (Lipinski definition) is 5. The Morgan fingerprint density at radius 2 is 2.20 bits per heavy atom. The summed E-state index contributed by atoms with van der Waals surface area (Å²) in [6.07, 6.45) is 1.61. The van der Waals surface area contributed by atoms with Crippen molar-refractivity contribution >= 4 is 50.3 Å². The molecule has 2 aromatic heterocycles. The van der Waals surface area contributed by atoms with Crippen molar-refractivity contribution in [1.82, 2.24) is 19.9 Å². The van der Waals surface area contributed by atoms with E-state index in [2.05, 4.69) is 35.9 Å². The number of rotatable bonds is 3. The van der Waals surface area contributed by atoms with E-state index >= 15 is 0 Å². The van der Waals surface area contributed by atoms with E-state index < -0.39 is 0 Å². The van der Waals surface area contributed by atoms with Gasteiger partial charge in [-0.25, -0.2) is 15.0 Å². The fourth-order valence-corrected chi connectivity index (χ4v) is 3.02. The maximum absolute atomic E-state index is 5.80. The van der Waals surface area contributed by atoms with Crippen LogP contribution in [0.3, 0.4) is 0 Å². The molecule has 0 aliphatic carbocycles. The number of ether oxygens (including phenoxy) is 1. The molecule has 20 heavy (non-hydrogen) atoms. The first-order valence-corrected chi connectivity index (χ1v) is 7.54. The van der Waals surface area contributed by atoms with Crippen molar-refractivity contribution in [2.45, 2.75) is 10.2 Å². The lowest BCUT2D eigenvalue weighted by Crippen LogP contribution is -1.87. The first-order valence-electron chi connectivity index (χ1n) is 5.55. The van der Waals surface area contributed by atoms with Crippen molar-refractivity contribution in [1.29, 1.82) is 0 Å². The van der Waals surface area contributed by atoms with Gasteiger partial charge in [-0.15, -0.1) is 0 Å². The number of aromatic nitrogens is 4. The molecule has 0 saturated carbocycles. The second-order valence-electron chi connectivity index (χ2n) is 3.82. The smallest absolute Gasteiger partial charge is 0.223 e. The van der Waals surface area contributed by atoms with Crippen LogP contribution in [-0.2, 0) is 0 Å². The minimum atomic E-state index is 0.202. The summed E-state index contributed by atoms with van der Waals surface area (Å²) in [5.74, 6) is 0.781. The summed E-state index contributed by atoms with van der Waals surface area (Å²) in [5, 5.41) is 1.63. The Morgan fingerprint density at radius 1 is 1.35 bits per heavy atom. The zero-order chi connectivity index (χ0) is 14.1. The average Bonchev–Trinajstić information content (AvgIpc) is 2.84. The Morgan fingerprint density at radius 3 is 3.00 bits per heavy atom. The molecular weight excluding hydrogens is 364 g/mol. The lowest BCUT2D eigenvalue weighted by atomic mass is 10.3. The Bertz CT molecular complexity index is 779. The van der Waals surface area contributed by atoms with Gasteiger partial charge in [-0.1, -0.05) is 0 Å². The topological polar surface area (TPSA) is 63.7 Å². The van der Waals surface area contributed by atoms with Crippen LogP contribution in [0.4, 0.5) is 0 Å². The molecule has 0 aliphatic heterocycles. The molecule has 0 aliphatic rings. The van der Waals surface area contributed by atoms with Crippen LogP contribution in [0.5, 0.6) is 5.75 Å². The Labute approximate surface area is 132 Å². The molecule has 3 aromatic rings. The van der Waals surface area contributed by atoms with Gasteiger partial charge >= 0.3 is 0 Å². The standard InChI is InChI=1S/C12H8BrClN4OS/c1-19-6-2-3-8-9(4-6)17-12(16-8)20-10-7(13)5-15-11(14)18-10/h2-5H,1H3,(H,16,17). The van der Waals surface area contributed by atoms with Gasteiger partial charge in [-0.05, 0) is 51.4 Å². The van der Waals surface area contributed by atoms with Gasteiger partial charge in [-0.3, -0.25) is 0 Å². The van der Waals surface area contributed by atoms with Crippen LogP contribution in [0.1, 0.15) is 0 Å². The Hall–Kier alpha value is -1.31. The van der Waals surface area contributed by atoms with Crippen LogP contribution in [0.2, 0.25) is 5.28 Å². The van der Waals surface area contributed by atoms with Crippen LogP contribution in [0.15, 0.2) is 39.1 Å². The molecular formula is C12H8BrClN4OS. The van der Waals surface area contributed by atoms with E-state index in [0.717, 1.165) is 26.4 Å². The quantitative estimate of drug-likeness (QED) is 0.558. The zero-order valence-electron chi connectivity index (χ0n) is 10.2. The van der Waals surface area contributed by atoms with Gasteiger partial charge < -0.3 is 9.72 Å². The van der Waals surface area contributed by atoms with Crippen LogP contribution >= 0.6 is 39.3 Å². The van der Waals surface area contributed by atoms with Crippen molar-refractivity contribution in [3.63, 3.8) is 0 Å². The van der Waals surface area contributed by atoms with Crippen molar-refractivity contribution in [3.05, 3.63) is 34.2 Å². The van der Waals surface area contributed by atoms with E-state index in [-0.39, 0.29) is 5.28 Å². The van der Waals surface area contributed by atoms with E-state index in [1.165, 1.54) is 11.8 Å². The number of hydrogen-bond donors (Lipinski definition) is 1. The second kappa shape index (κ2) is 5.59. The molecule has 0 saturated heterocycles. The van der Waals surface area contributed by atoms with Crippen LogP contribution < -0.4 is 4.74 Å². The number of H-pyrrole nitrogens is 1. The van der Waals surface area contributed by atoms with Gasteiger partial charge in [0.2, 0.25) is 5.28 Å². The maximum Gasteiger partial charge on any atom is 0.223 e. The van der Waals surface area contributed by atoms with E-state index in [0.29, 0.717) is 5.03 Å². The summed E-state index contributed by atoms with van der Waals surface area (Å²) in [6.45, 7) is 0. The van der Waals surface area contributed by atoms with Gasteiger partial charge in [0.1, 0.15) is 10.8 Å². The number of nitrogens with zero attached hydrogens (tertiary/aromatic N) is 3. The first-order chi connectivity index (χ1) is 9.65. The van der Waals surface area contributed by atoms with Gasteiger partial charge in [0.25, 0.3) is 0 Å². The Balaban J connectivity index is 1.96. The lowest BCUT2D eigenvalue weighted by Gasteiger charge is -1.99. The van der Waals surface area contributed by atoms with Gasteiger partial charge in [0, 0.05) is 12.3 Å². The number of methoxy groups -OCH3 is 1. The van der Waals surface area contributed by atoms with Crippen molar-refractivity contribution < 1.29 is 4.74 Å². The first kappa shape index (κ1) is 13.7. The average molecular weight is 372 g/mol. The zero-order valence-corrected chi connectivity index (χ0v) is 13.4. The highest BCUT2D eigenvalue weighted by molar-refractivity contribution is 9.10. The minimum absolute atomic E-state index is 0.202. The van der Waals surface area contributed by atoms with Crippen LogP contribution in [0, 0.1) is 0 Å². The van der Waals surface area contributed by atoms with E-state index in [4.69, 9.17) is 16.3 Å². The third kappa shape index (κ3) is 2.74. The second-order valence-corrected chi connectivity index (χ2v) is 5.99. The highest BCUT2D eigenvalue weighted by atomic mass is 79.9.